The van der Waals surface area contributed by atoms with E-state index in [0.29, 0.717) is 0 Å². The Morgan fingerprint density at radius 2 is 1.66 bits per heavy atom. The van der Waals surface area contributed by atoms with Crippen molar-refractivity contribution in [2.45, 2.75) is 12.4 Å². The highest BCUT2D eigenvalue weighted by molar-refractivity contribution is 6.51. The van der Waals surface area contributed by atoms with Crippen LogP contribution in [0.3, 0.4) is 0 Å². The molecule has 1 N–H and O–H groups in total. The van der Waals surface area contributed by atoms with E-state index in [9.17, 15) is 27.9 Å². The first-order valence-electron chi connectivity index (χ1n) is 9.24. The van der Waals surface area contributed by atoms with Crippen LogP contribution in [-0.2, 0) is 9.59 Å². The van der Waals surface area contributed by atoms with Crippen LogP contribution in [0.1, 0.15) is 17.3 Å². The van der Waals surface area contributed by atoms with Gasteiger partial charge in [0.25, 0.3) is 11.7 Å². The number of benzene rings is 1. The minimum Gasteiger partial charge on any atom is -0.507 e. The van der Waals surface area contributed by atoms with Gasteiger partial charge in [0.15, 0.2) is 0 Å². The van der Waals surface area contributed by atoms with Crippen LogP contribution in [0.25, 0.3) is 5.76 Å². The fraction of sp³-hybridized carbons (Fsp3) is 0.0909. The summed E-state index contributed by atoms with van der Waals surface area (Å²) in [4.78, 5) is 35.0. The number of amides is 1. The van der Waals surface area contributed by atoms with Gasteiger partial charge in [0.1, 0.15) is 17.6 Å². The predicted octanol–water partition coefficient (Wildman–Crippen LogP) is 4.00. The van der Waals surface area contributed by atoms with Crippen molar-refractivity contribution in [1.82, 2.24) is 9.97 Å². The summed E-state index contributed by atoms with van der Waals surface area (Å²) in [5.41, 5.74) is 0.493. The molecular formula is C22H14F3N3O4. The third-order valence-electron chi connectivity index (χ3n) is 4.71. The highest BCUT2D eigenvalue weighted by Gasteiger charge is 2.47. The van der Waals surface area contributed by atoms with Crippen LogP contribution >= 0.6 is 0 Å². The topological polar surface area (TPSA) is 92.6 Å². The third-order valence-corrected chi connectivity index (χ3v) is 4.71. The molecule has 0 saturated carbocycles. The molecule has 1 amide bonds. The van der Waals surface area contributed by atoms with Crippen molar-refractivity contribution in [1.29, 1.82) is 0 Å². The number of carbonyl (C=O) groups excluding carboxylic acids is 2. The van der Waals surface area contributed by atoms with Crippen molar-refractivity contribution in [2.24, 2.45) is 0 Å². The maximum absolute atomic E-state index is 12.9. The average molecular weight is 441 g/mol. The molecule has 4 rings (SSSR count). The van der Waals surface area contributed by atoms with Crippen LogP contribution in [0.5, 0.6) is 5.75 Å². The number of alkyl halides is 3. The molecule has 0 bridgehead atoms. The van der Waals surface area contributed by atoms with Gasteiger partial charge in [0.05, 0.1) is 11.3 Å². The van der Waals surface area contributed by atoms with Gasteiger partial charge in [0.2, 0.25) is 0 Å². The molecule has 0 radical (unpaired) electrons. The number of aliphatic hydroxyl groups excluding tert-OH is 1. The van der Waals surface area contributed by atoms with E-state index in [4.69, 9.17) is 0 Å². The number of ether oxygens (including phenoxy) is 1. The molecule has 2 aromatic heterocycles. The number of rotatable bonds is 4. The lowest BCUT2D eigenvalue weighted by Crippen LogP contribution is -2.29. The first-order chi connectivity index (χ1) is 15.3. The molecule has 1 aliphatic heterocycles. The van der Waals surface area contributed by atoms with Crippen molar-refractivity contribution >= 4 is 23.1 Å². The maximum Gasteiger partial charge on any atom is 0.573 e. The Bertz CT molecular complexity index is 1180. The number of halogens is 3. The van der Waals surface area contributed by atoms with Gasteiger partial charge in [0, 0.05) is 29.8 Å². The Morgan fingerprint density at radius 1 is 0.969 bits per heavy atom. The molecule has 1 unspecified atom stereocenters. The normalized spacial score (nSPS) is 18.1. The summed E-state index contributed by atoms with van der Waals surface area (Å²) in [6.45, 7) is 0. The summed E-state index contributed by atoms with van der Waals surface area (Å²) in [5.74, 6) is -2.81. The molecular weight excluding hydrogens is 427 g/mol. The second kappa shape index (κ2) is 8.14. The molecule has 0 aliphatic carbocycles. The summed E-state index contributed by atoms with van der Waals surface area (Å²) in [7, 11) is 0. The molecule has 3 aromatic rings. The average Bonchev–Trinajstić information content (AvgIpc) is 3.05. The van der Waals surface area contributed by atoms with Gasteiger partial charge in [-0.15, -0.1) is 13.2 Å². The summed E-state index contributed by atoms with van der Waals surface area (Å²) in [6.07, 6.45) is -0.577. The number of nitrogens with zero attached hydrogens (tertiary/aromatic N) is 3. The smallest absolute Gasteiger partial charge is 0.507 e. The van der Waals surface area contributed by atoms with E-state index in [-0.39, 0.29) is 22.5 Å². The number of ketones is 1. The zero-order valence-electron chi connectivity index (χ0n) is 16.2. The van der Waals surface area contributed by atoms with Gasteiger partial charge in [-0.25, -0.2) is 0 Å². The standard InChI is InChI=1S/C22H14F3N3O4/c23-22(24,25)32-15-6-4-14(5-7-15)28-18(16-3-1-2-10-27-16)17(20(30)21(28)31)19(29)13-8-11-26-12-9-13/h1-12,18,29H/b19-17-. The molecule has 1 aliphatic rings. The van der Waals surface area contributed by atoms with E-state index < -0.39 is 35.6 Å². The quantitative estimate of drug-likeness (QED) is 0.374. The molecule has 1 saturated heterocycles. The lowest BCUT2D eigenvalue weighted by Gasteiger charge is -2.24. The van der Waals surface area contributed by atoms with Gasteiger partial charge in [-0.2, -0.15) is 0 Å². The van der Waals surface area contributed by atoms with Crippen molar-refractivity contribution in [3.8, 4) is 5.75 Å². The number of carbonyl (C=O) groups is 2. The summed E-state index contributed by atoms with van der Waals surface area (Å²) < 4.78 is 41.2. The van der Waals surface area contributed by atoms with Gasteiger partial charge in [-0.05, 0) is 48.5 Å². The van der Waals surface area contributed by atoms with Gasteiger partial charge in [-0.3, -0.25) is 24.5 Å². The van der Waals surface area contributed by atoms with Crippen molar-refractivity contribution in [3.63, 3.8) is 0 Å². The number of aliphatic hydroxyl groups is 1. The third kappa shape index (κ3) is 4.02. The second-order valence-corrected chi connectivity index (χ2v) is 6.70. The molecule has 7 nitrogen and oxygen atoms in total. The van der Waals surface area contributed by atoms with Crippen LogP contribution < -0.4 is 9.64 Å². The maximum atomic E-state index is 12.9. The molecule has 0 spiro atoms. The zero-order valence-corrected chi connectivity index (χ0v) is 16.2. The highest BCUT2D eigenvalue weighted by Crippen LogP contribution is 2.41. The lowest BCUT2D eigenvalue weighted by molar-refractivity contribution is -0.274. The monoisotopic (exact) mass is 441 g/mol. The minimum absolute atomic E-state index is 0.131. The number of anilines is 1. The first-order valence-corrected chi connectivity index (χ1v) is 9.24. The van der Waals surface area contributed by atoms with E-state index in [0.717, 1.165) is 17.0 Å². The molecule has 10 heteroatoms. The molecule has 1 fully saturated rings. The number of hydrogen-bond acceptors (Lipinski definition) is 6. The summed E-state index contributed by atoms with van der Waals surface area (Å²) in [5, 5.41) is 10.9. The molecule has 1 atom stereocenters. The highest BCUT2D eigenvalue weighted by atomic mass is 19.4. The van der Waals surface area contributed by atoms with Crippen molar-refractivity contribution in [3.05, 3.63) is 90.0 Å². The van der Waals surface area contributed by atoms with Crippen LogP contribution in [0.4, 0.5) is 18.9 Å². The van der Waals surface area contributed by atoms with Gasteiger partial charge >= 0.3 is 6.36 Å². The molecule has 32 heavy (non-hydrogen) atoms. The van der Waals surface area contributed by atoms with E-state index >= 15 is 0 Å². The van der Waals surface area contributed by atoms with Crippen LogP contribution in [0, 0.1) is 0 Å². The first kappa shape index (κ1) is 21.0. The van der Waals surface area contributed by atoms with E-state index in [2.05, 4.69) is 14.7 Å². The van der Waals surface area contributed by atoms with Crippen LogP contribution in [0.2, 0.25) is 0 Å². The number of aromatic nitrogens is 2. The fourth-order valence-electron chi connectivity index (χ4n) is 3.39. The fourth-order valence-corrected chi connectivity index (χ4v) is 3.39. The summed E-state index contributed by atoms with van der Waals surface area (Å²) in [6, 6.07) is 11.2. The van der Waals surface area contributed by atoms with E-state index in [1.165, 1.54) is 42.9 Å². The number of Topliss-reactive ketones (excluding diaryl/α,β-unsaturated/α-hetero) is 1. The van der Waals surface area contributed by atoms with Crippen LogP contribution in [-0.4, -0.2) is 33.1 Å². The second-order valence-electron chi connectivity index (χ2n) is 6.70. The van der Waals surface area contributed by atoms with Gasteiger partial charge in [-0.1, -0.05) is 6.07 Å². The molecule has 162 valence electrons. The Labute approximate surface area is 179 Å². The number of pyridine rings is 2. The van der Waals surface area contributed by atoms with Crippen molar-refractivity contribution < 1.29 is 32.6 Å². The SMILES string of the molecule is O=C1C(=O)N(c2ccc(OC(F)(F)F)cc2)C(c2ccccn2)/C1=C(/O)c1ccncc1. The summed E-state index contributed by atoms with van der Waals surface area (Å²) >= 11 is 0. The Hall–Kier alpha value is -4.21. The Balaban J connectivity index is 1.83. The predicted molar refractivity (Wildman–Crippen MR) is 106 cm³/mol. The van der Waals surface area contributed by atoms with Crippen LogP contribution in [0.15, 0.2) is 78.8 Å². The largest absolute Gasteiger partial charge is 0.573 e. The lowest BCUT2D eigenvalue weighted by atomic mass is 9.98. The zero-order chi connectivity index (χ0) is 22.9. The Morgan fingerprint density at radius 3 is 2.25 bits per heavy atom. The minimum atomic E-state index is -4.87. The van der Waals surface area contributed by atoms with Crippen molar-refractivity contribution in [2.75, 3.05) is 4.90 Å². The number of hydrogen-bond donors (Lipinski definition) is 1. The molecule has 1 aromatic carbocycles. The van der Waals surface area contributed by atoms with Gasteiger partial charge < -0.3 is 9.84 Å². The van der Waals surface area contributed by atoms with E-state index in [1.807, 2.05) is 0 Å². The molecule has 3 heterocycles. The Kier molecular flexibility index (Phi) is 5.35. The van der Waals surface area contributed by atoms with E-state index in [1.54, 1.807) is 18.2 Å².